The molecule has 1 atom stereocenters. The number of pyridine rings is 2. The Morgan fingerprint density at radius 3 is 2.39 bits per heavy atom. The minimum absolute atomic E-state index is 0.0341. The van der Waals surface area contributed by atoms with Crippen molar-refractivity contribution in [2.45, 2.75) is 24.9 Å². The number of nitrogens with two attached hydrogens (primary N) is 1. The lowest BCUT2D eigenvalue weighted by Gasteiger charge is -2.32. The fraction of sp³-hybridized carbons (Fsp3) is 0.261. The first-order valence-electron chi connectivity index (χ1n) is 9.83. The van der Waals surface area contributed by atoms with Crippen LogP contribution in [0.5, 0.6) is 0 Å². The Morgan fingerprint density at radius 2 is 1.81 bits per heavy atom. The zero-order valence-electron chi connectivity index (χ0n) is 17.0. The molecule has 0 aliphatic heterocycles. The van der Waals surface area contributed by atoms with E-state index in [1.165, 1.54) is 30.6 Å². The standard InChI is InChI=1S/C23H23F3N4O/c1-2-22(14-27,17-8-4-3-5-9-17)15-29-19-11-10-18(23(24,25)26)20(30-19)21(31)16-7-6-12-28-13-16/h3-13H,2,14-15,27H2,1H3,(H,29,30). The average Bonchev–Trinajstić information content (AvgIpc) is 2.80. The van der Waals surface area contributed by atoms with E-state index in [4.69, 9.17) is 5.73 Å². The fourth-order valence-corrected chi connectivity index (χ4v) is 3.41. The maximum absolute atomic E-state index is 13.5. The molecule has 3 N–H and O–H groups in total. The van der Waals surface area contributed by atoms with Crippen molar-refractivity contribution in [1.82, 2.24) is 9.97 Å². The molecule has 0 fully saturated rings. The molecular formula is C23H23F3N4O. The molecule has 3 rings (SSSR count). The molecule has 0 bridgehead atoms. The van der Waals surface area contributed by atoms with E-state index in [1.54, 1.807) is 0 Å². The summed E-state index contributed by atoms with van der Waals surface area (Å²) >= 11 is 0. The third kappa shape index (κ3) is 4.91. The zero-order chi connectivity index (χ0) is 22.5. The Hall–Kier alpha value is -3.26. The molecule has 162 valence electrons. The smallest absolute Gasteiger partial charge is 0.369 e. The molecule has 0 spiro atoms. The summed E-state index contributed by atoms with van der Waals surface area (Å²) in [6.07, 6.45) is -1.35. The number of nitrogens with one attached hydrogen (secondary N) is 1. The largest absolute Gasteiger partial charge is 0.418 e. The Kier molecular flexibility index (Phi) is 6.70. The highest BCUT2D eigenvalue weighted by Crippen LogP contribution is 2.33. The van der Waals surface area contributed by atoms with E-state index in [0.717, 1.165) is 11.6 Å². The summed E-state index contributed by atoms with van der Waals surface area (Å²) in [6, 6.07) is 14.7. The summed E-state index contributed by atoms with van der Waals surface area (Å²) in [5, 5.41) is 3.09. The number of rotatable bonds is 8. The second-order valence-corrected chi connectivity index (χ2v) is 7.22. The van der Waals surface area contributed by atoms with Crippen LogP contribution in [0.3, 0.4) is 0 Å². The number of benzene rings is 1. The lowest BCUT2D eigenvalue weighted by molar-refractivity contribution is -0.138. The van der Waals surface area contributed by atoms with Crippen molar-refractivity contribution in [3.63, 3.8) is 0 Å². The Bertz CT molecular complexity index is 1020. The molecule has 8 heteroatoms. The highest BCUT2D eigenvalue weighted by Gasteiger charge is 2.37. The van der Waals surface area contributed by atoms with Gasteiger partial charge in [0, 0.05) is 36.5 Å². The summed E-state index contributed by atoms with van der Waals surface area (Å²) in [4.78, 5) is 20.6. The zero-order valence-corrected chi connectivity index (χ0v) is 17.0. The van der Waals surface area contributed by atoms with Crippen molar-refractivity contribution >= 4 is 11.6 Å². The average molecular weight is 428 g/mol. The van der Waals surface area contributed by atoms with Crippen molar-refractivity contribution in [2.75, 3.05) is 18.4 Å². The summed E-state index contributed by atoms with van der Waals surface area (Å²) in [7, 11) is 0. The van der Waals surface area contributed by atoms with Gasteiger partial charge in [0.2, 0.25) is 5.78 Å². The molecule has 2 heterocycles. The van der Waals surface area contributed by atoms with E-state index in [-0.39, 0.29) is 11.4 Å². The van der Waals surface area contributed by atoms with Gasteiger partial charge in [-0.15, -0.1) is 0 Å². The number of anilines is 1. The molecule has 0 aliphatic carbocycles. The first-order chi connectivity index (χ1) is 14.8. The van der Waals surface area contributed by atoms with Gasteiger partial charge in [0.25, 0.3) is 0 Å². The topological polar surface area (TPSA) is 80.9 Å². The first kappa shape index (κ1) is 22.4. The highest BCUT2D eigenvalue weighted by molar-refractivity contribution is 6.08. The maximum Gasteiger partial charge on any atom is 0.418 e. The van der Waals surface area contributed by atoms with Crippen molar-refractivity contribution in [3.05, 3.63) is 89.4 Å². The van der Waals surface area contributed by atoms with Crippen molar-refractivity contribution in [2.24, 2.45) is 5.73 Å². The maximum atomic E-state index is 13.5. The lowest BCUT2D eigenvalue weighted by atomic mass is 9.78. The molecular weight excluding hydrogens is 405 g/mol. The fourth-order valence-electron chi connectivity index (χ4n) is 3.41. The minimum Gasteiger partial charge on any atom is -0.369 e. The van der Waals surface area contributed by atoms with Crippen LogP contribution < -0.4 is 11.1 Å². The number of alkyl halides is 3. The van der Waals surface area contributed by atoms with Crippen LogP contribution in [0.4, 0.5) is 19.0 Å². The molecule has 5 nitrogen and oxygen atoms in total. The number of nitrogens with zero attached hydrogens (tertiary/aromatic N) is 2. The number of carbonyl (C=O) groups excluding carboxylic acids is 1. The van der Waals surface area contributed by atoms with E-state index < -0.39 is 28.6 Å². The number of hydrogen-bond donors (Lipinski definition) is 2. The highest BCUT2D eigenvalue weighted by atomic mass is 19.4. The summed E-state index contributed by atoms with van der Waals surface area (Å²) in [5.41, 5.74) is 4.95. The molecule has 0 saturated carbocycles. The second kappa shape index (κ2) is 9.26. The van der Waals surface area contributed by atoms with E-state index >= 15 is 0 Å². The number of aromatic nitrogens is 2. The molecule has 1 aromatic carbocycles. The molecule has 0 saturated heterocycles. The van der Waals surface area contributed by atoms with Gasteiger partial charge in [0.1, 0.15) is 11.5 Å². The van der Waals surface area contributed by atoms with E-state index in [9.17, 15) is 18.0 Å². The monoisotopic (exact) mass is 428 g/mol. The molecule has 1 unspecified atom stereocenters. The van der Waals surface area contributed by atoms with Crippen LogP contribution in [-0.2, 0) is 11.6 Å². The summed E-state index contributed by atoms with van der Waals surface area (Å²) < 4.78 is 40.6. The van der Waals surface area contributed by atoms with Gasteiger partial charge in [0.15, 0.2) is 0 Å². The van der Waals surface area contributed by atoms with Gasteiger partial charge in [-0.25, -0.2) is 4.98 Å². The van der Waals surface area contributed by atoms with Gasteiger partial charge in [0.05, 0.1) is 5.56 Å². The Balaban J connectivity index is 1.94. The number of halogens is 3. The van der Waals surface area contributed by atoms with Gasteiger partial charge in [-0.3, -0.25) is 9.78 Å². The SMILES string of the molecule is CCC(CN)(CNc1ccc(C(F)(F)F)c(C(=O)c2cccnc2)n1)c1ccccc1. The van der Waals surface area contributed by atoms with Gasteiger partial charge in [-0.1, -0.05) is 37.3 Å². The van der Waals surface area contributed by atoms with Gasteiger partial charge >= 0.3 is 6.18 Å². The van der Waals surface area contributed by atoms with Crippen LogP contribution >= 0.6 is 0 Å². The predicted molar refractivity (Wildman–Crippen MR) is 113 cm³/mol. The minimum atomic E-state index is -4.72. The van der Waals surface area contributed by atoms with Gasteiger partial charge in [-0.2, -0.15) is 13.2 Å². The van der Waals surface area contributed by atoms with Crippen molar-refractivity contribution in [3.8, 4) is 0 Å². The van der Waals surface area contributed by atoms with Crippen molar-refractivity contribution in [1.29, 1.82) is 0 Å². The lowest BCUT2D eigenvalue weighted by Crippen LogP contribution is -2.41. The number of ketones is 1. The normalized spacial score (nSPS) is 13.5. The van der Waals surface area contributed by atoms with Gasteiger partial charge in [-0.05, 0) is 36.2 Å². The second-order valence-electron chi connectivity index (χ2n) is 7.22. The molecule has 0 amide bonds. The third-order valence-corrected chi connectivity index (χ3v) is 5.40. The predicted octanol–water partition coefficient (Wildman–Crippen LogP) is 4.45. The molecule has 3 aromatic rings. The van der Waals surface area contributed by atoms with Crippen LogP contribution in [0.15, 0.2) is 67.0 Å². The van der Waals surface area contributed by atoms with Crippen LogP contribution in [0.2, 0.25) is 0 Å². The van der Waals surface area contributed by atoms with Crippen molar-refractivity contribution < 1.29 is 18.0 Å². The molecule has 0 aliphatic rings. The Labute approximate surface area is 178 Å². The molecule has 2 aromatic heterocycles. The van der Waals surface area contributed by atoms with E-state index in [0.29, 0.717) is 19.5 Å². The number of hydrogen-bond acceptors (Lipinski definition) is 5. The quantitative estimate of drug-likeness (QED) is 0.519. The van der Waals surface area contributed by atoms with Crippen LogP contribution in [0, 0.1) is 0 Å². The summed E-state index contributed by atoms with van der Waals surface area (Å²) in [6.45, 7) is 2.69. The van der Waals surface area contributed by atoms with Crippen LogP contribution in [0.25, 0.3) is 0 Å². The molecule has 0 radical (unpaired) electrons. The van der Waals surface area contributed by atoms with E-state index in [2.05, 4.69) is 15.3 Å². The van der Waals surface area contributed by atoms with Crippen LogP contribution in [-0.4, -0.2) is 28.8 Å². The van der Waals surface area contributed by atoms with E-state index in [1.807, 2.05) is 37.3 Å². The summed E-state index contributed by atoms with van der Waals surface area (Å²) in [5.74, 6) is -0.671. The first-order valence-corrected chi connectivity index (χ1v) is 9.83. The molecule has 31 heavy (non-hydrogen) atoms. The van der Waals surface area contributed by atoms with Crippen LogP contribution in [0.1, 0.15) is 40.5 Å². The number of carbonyl (C=O) groups is 1. The van der Waals surface area contributed by atoms with Gasteiger partial charge < -0.3 is 11.1 Å². The third-order valence-electron chi connectivity index (χ3n) is 5.40. The Morgan fingerprint density at radius 1 is 1.06 bits per heavy atom.